The molecule has 0 aromatic heterocycles. The molecule has 2 amide bonds. The molecule has 0 saturated carbocycles. The molecule has 0 unspecified atom stereocenters. The summed E-state index contributed by atoms with van der Waals surface area (Å²) in [5.41, 5.74) is 5.21. The van der Waals surface area contributed by atoms with E-state index in [1.807, 2.05) is 6.92 Å². The Labute approximate surface area is 90.0 Å². The van der Waals surface area contributed by atoms with Gasteiger partial charge in [-0.1, -0.05) is 6.92 Å². The normalized spacial score (nSPS) is 17.8. The van der Waals surface area contributed by atoms with Crippen molar-refractivity contribution in [1.29, 1.82) is 0 Å². The molecule has 1 heterocycles. The Morgan fingerprint density at radius 2 is 2.00 bits per heavy atom. The van der Waals surface area contributed by atoms with Gasteiger partial charge in [0.25, 0.3) is 0 Å². The molecule has 1 saturated heterocycles. The Hall–Kier alpha value is -1.10. The van der Waals surface area contributed by atoms with Crippen LogP contribution in [0.2, 0.25) is 0 Å². The highest BCUT2D eigenvalue weighted by Crippen LogP contribution is 2.16. The Balaban J connectivity index is 2.30. The zero-order valence-electron chi connectivity index (χ0n) is 9.16. The molecule has 3 N–H and O–H groups in total. The van der Waals surface area contributed by atoms with Crippen LogP contribution in [-0.4, -0.2) is 42.9 Å². The first-order valence-corrected chi connectivity index (χ1v) is 5.43. The standard InChI is InChI=1S/C10H19N3O2/c1-2-12-7-9(14)13-5-3-8(4-6-13)10(11)15/h8,12H,2-7H2,1H3,(H2,11,15). The number of primary amides is 1. The van der Waals surface area contributed by atoms with Crippen molar-refractivity contribution >= 4 is 11.8 Å². The van der Waals surface area contributed by atoms with E-state index in [9.17, 15) is 9.59 Å². The molecule has 0 aliphatic carbocycles. The number of piperidine rings is 1. The van der Waals surface area contributed by atoms with Crippen LogP contribution in [0.15, 0.2) is 0 Å². The van der Waals surface area contributed by atoms with Crippen LogP contribution in [-0.2, 0) is 9.59 Å². The summed E-state index contributed by atoms with van der Waals surface area (Å²) < 4.78 is 0. The smallest absolute Gasteiger partial charge is 0.236 e. The molecule has 86 valence electrons. The molecule has 15 heavy (non-hydrogen) atoms. The average molecular weight is 213 g/mol. The van der Waals surface area contributed by atoms with Gasteiger partial charge in [-0.2, -0.15) is 0 Å². The molecular formula is C10H19N3O2. The van der Waals surface area contributed by atoms with Gasteiger partial charge in [0.1, 0.15) is 0 Å². The van der Waals surface area contributed by atoms with Gasteiger partial charge in [0.2, 0.25) is 11.8 Å². The molecule has 0 radical (unpaired) electrons. The van der Waals surface area contributed by atoms with Crippen LogP contribution in [0, 0.1) is 5.92 Å². The maximum absolute atomic E-state index is 11.6. The fourth-order valence-electron chi connectivity index (χ4n) is 1.76. The quantitative estimate of drug-likeness (QED) is 0.649. The topological polar surface area (TPSA) is 75.4 Å². The van der Waals surface area contributed by atoms with Crippen LogP contribution >= 0.6 is 0 Å². The molecule has 1 rings (SSSR count). The molecule has 1 aliphatic rings. The third-order valence-electron chi connectivity index (χ3n) is 2.78. The molecule has 0 bridgehead atoms. The van der Waals surface area contributed by atoms with Gasteiger partial charge in [0.15, 0.2) is 0 Å². The first-order chi connectivity index (χ1) is 7.15. The predicted molar refractivity (Wildman–Crippen MR) is 57.0 cm³/mol. The summed E-state index contributed by atoms with van der Waals surface area (Å²) in [6.07, 6.45) is 1.40. The van der Waals surface area contributed by atoms with E-state index in [-0.39, 0.29) is 17.7 Å². The number of hydrogen-bond acceptors (Lipinski definition) is 3. The monoisotopic (exact) mass is 213 g/mol. The minimum atomic E-state index is -0.242. The lowest BCUT2D eigenvalue weighted by molar-refractivity contribution is -0.134. The minimum Gasteiger partial charge on any atom is -0.369 e. The lowest BCUT2D eigenvalue weighted by Crippen LogP contribution is -2.44. The van der Waals surface area contributed by atoms with Gasteiger partial charge in [-0.15, -0.1) is 0 Å². The fraction of sp³-hybridized carbons (Fsp3) is 0.800. The lowest BCUT2D eigenvalue weighted by atomic mass is 9.96. The van der Waals surface area contributed by atoms with Gasteiger partial charge in [-0.3, -0.25) is 9.59 Å². The lowest BCUT2D eigenvalue weighted by Gasteiger charge is -2.30. The zero-order chi connectivity index (χ0) is 11.3. The van der Waals surface area contributed by atoms with E-state index >= 15 is 0 Å². The van der Waals surface area contributed by atoms with E-state index in [1.165, 1.54) is 0 Å². The van der Waals surface area contributed by atoms with Gasteiger partial charge in [-0.25, -0.2) is 0 Å². The largest absolute Gasteiger partial charge is 0.369 e. The second-order valence-electron chi connectivity index (χ2n) is 3.84. The number of nitrogens with zero attached hydrogens (tertiary/aromatic N) is 1. The average Bonchev–Trinajstić information content (AvgIpc) is 2.26. The van der Waals surface area contributed by atoms with Crippen LogP contribution in [0.1, 0.15) is 19.8 Å². The van der Waals surface area contributed by atoms with Crippen molar-refractivity contribution in [2.75, 3.05) is 26.2 Å². The number of likely N-dealkylation sites (tertiary alicyclic amines) is 1. The SMILES string of the molecule is CCNCC(=O)N1CCC(C(N)=O)CC1. The van der Waals surface area contributed by atoms with Crippen LogP contribution in [0.25, 0.3) is 0 Å². The van der Waals surface area contributed by atoms with Crippen LogP contribution in [0.3, 0.4) is 0 Å². The zero-order valence-corrected chi connectivity index (χ0v) is 9.16. The first-order valence-electron chi connectivity index (χ1n) is 5.43. The van der Waals surface area contributed by atoms with Crippen molar-refractivity contribution in [2.45, 2.75) is 19.8 Å². The van der Waals surface area contributed by atoms with Crippen LogP contribution < -0.4 is 11.1 Å². The van der Waals surface area contributed by atoms with Crippen molar-refractivity contribution in [2.24, 2.45) is 11.7 Å². The summed E-state index contributed by atoms with van der Waals surface area (Å²) in [5.74, 6) is -0.179. The Morgan fingerprint density at radius 1 is 1.40 bits per heavy atom. The van der Waals surface area contributed by atoms with Gasteiger partial charge in [0.05, 0.1) is 6.54 Å². The number of rotatable bonds is 4. The molecule has 5 nitrogen and oxygen atoms in total. The third kappa shape index (κ3) is 3.51. The second-order valence-corrected chi connectivity index (χ2v) is 3.84. The summed E-state index contributed by atoms with van der Waals surface area (Å²) in [5, 5.41) is 3.00. The van der Waals surface area contributed by atoms with Gasteiger partial charge in [-0.05, 0) is 19.4 Å². The number of hydrogen-bond donors (Lipinski definition) is 2. The number of amides is 2. The highest BCUT2D eigenvalue weighted by molar-refractivity contribution is 5.79. The first kappa shape index (κ1) is 12.0. The van der Waals surface area contributed by atoms with E-state index < -0.39 is 0 Å². The minimum absolute atomic E-state index is 0.0480. The molecular weight excluding hydrogens is 194 g/mol. The number of likely N-dealkylation sites (N-methyl/N-ethyl adjacent to an activating group) is 1. The molecule has 1 aliphatic heterocycles. The van der Waals surface area contributed by atoms with E-state index in [4.69, 9.17) is 5.73 Å². The Bertz CT molecular complexity index is 235. The van der Waals surface area contributed by atoms with E-state index in [0.29, 0.717) is 32.5 Å². The van der Waals surface area contributed by atoms with E-state index in [2.05, 4.69) is 5.32 Å². The molecule has 0 aromatic rings. The summed E-state index contributed by atoms with van der Waals surface area (Å²) in [7, 11) is 0. The molecule has 0 atom stereocenters. The molecule has 5 heteroatoms. The van der Waals surface area contributed by atoms with Crippen LogP contribution in [0.5, 0.6) is 0 Å². The summed E-state index contributed by atoms with van der Waals surface area (Å²) >= 11 is 0. The molecule has 0 aromatic carbocycles. The highest BCUT2D eigenvalue weighted by Gasteiger charge is 2.25. The summed E-state index contributed by atoms with van der Waals surface area (Å²) in [6.45, 7) is 4.45. The number of carbonyl (C=O) groups excluding carboxylic acids is 2. The van der Waals surface area contributed by atoms with Crippen molar-refractivity contribution in [3.05, 3.63) is 0 Å². The maximum Gasteiger partial charge on any atom is 0.236 e. The van der Waals surface area contributed by atoms with Gasteiger partial charge < -0.3 is 16.0 Å². The Kier molecular flexibility index (Phi) is 4.55. The predicted octanol–water partition coefficient (Wildman–Crippen LogP) is -0.680. The number of nitrogens with two attached hydrogens (primary N) is 1. The number of nitrogens with one attached hydrogen (secondary N) is 1. The summed E-state index contributed by atoms with van der Waals surface area (Å²) in [4.78, 5) is 24.3. The highest BCUT2D eigenvalue weighted by atomic mass is 16.2. The van der Waals surface area contributed by atoms with Crippen molar-refractivity contribution in [1.82, 2.24) is 10.2 Å². The van der Waals surface area contributed by atoms with E-state index in [0.717, 1.165) is 6.54 Å². The van der Waals surface area contributed by atoms with Gasteiger partial charge >= 0.3 is 0 Å². The van der Waals surface area contributed by atoms with Crippen molar-refractivity contribution in [3.8, 4) is 0 Å². The van der Waals surface area contributed by atoms with Crippen LogP contribution in [0.4, 0.5) is 0 Å². The van der Waals surface area contributed by atoms with Crippen molar-refractivity contribution in [3.63, 3.8) is 0 Å². The molecule has 1 fully saturated rings. The molecule has 0 spiro atoms. The van der Waals surface area contributed by atoms with E-state index in [1.54, 1.807) is 4.90 Å². The fourth-order valence-corrected chi connectivity index (χ4v) is 1.76. The maximum atomic E-state index is 11.6. The van der Waals surface area contributed by atoms with Crippen molar-refractivity contribution < 1.29 is 9.59 Å². The Morgan fingerprint density at radius 3 is 2.47 bits per heavy atom. The third-order valence-corrected chi connectivity index (χ3v) is 2.78. The second kappa shape index (κ2) is 5.70. The summed E-state index contributed by atoms with van der Waals surface area (Å²) in [6, 6.07) is 0. The number of carbonyl (C=O) groups is 2. The van der Waals surface area contributed by atoms with Gasteiger partial charge in [0, 0.05) is 19.0 Å².